The Labute approximate surface area is 329 Å². The second kappa shape index (κ2) is 12.6. The first kappa shape index (κ1) is 31.9. The van der Waals surface area contributed by atoms with Crippen molar-refractivity contribution in [1.82, 2.24) is 9.13 Å². The van der Waals surface area contributed by atoms with Crippen molar-refractivity contribution in [3.05, 3.63) is 211 Å². The summed E-state index contributed by atoms with van der Waals surface area (Å²) in [6.07, 6.45) is 8.10. The van der Waals surface area contributed by atoms with Crippen molar-refractivity contribution < 1.29 is 4.42 Å². The Morgan fingerprint density at radius 2 is 1.02 bits per heavy atom. The summed E-state index contributed by atoms with van der Waals surface area (Å²) in [5.41, 5.74) is 15.1. The number of furan rings is 1. The highest BCUT2D eigenvalue weighted by atomic mass is 16.3. The summed E-state index contributed by atoms with van der Waals surface area (Å²) in [6, 6.07) is 65.9. The molecule has 1 aliphatic rings. The van der Waals surface area contributed by atoms with E-state index < -0.39 is 0 Å². The minimum Gasteiger partial charge on any atom is -0.455 e. The van der Waals surface area contributed by atoms with E-state index >= 15 is 0 Å². The Bertz CT molecular complexity index is 3430. The summed E-state index contributed by atoms with van der Waals surface area (Å²) in [5.74, 6) is 0.309. The van der Waals surface area contributed by atoms with Crippen molar-refractivity contribution in [2.24, 2.45) is 0 Å². The number of hydrogen-bond donors (Lipinski definition) is 0. The molecule has 0 saturated heterocycles. The van der Waals surface area contributed by atoms with Crippen molar-refractivity contribution in [1.29, 1.82) is 0 Å². The van der Waals surface area contributed by atoms with Gasteiger partial charge in [0.25, 0.3) is 0 Å². The molecule has 3 heteroatoms. The van der Waals surface area contributed by atoms with Gasteiger partial charge in [0.15, 0.2) is 0 Å². The molecular formula is C54H36N2O. The molecule has 268 valence electrons. The Kier molecular flexibility index (Phi) is 7.05. The van der Waals surface area contributed by atoms with Crippen LogP contribution in [0.2, 0.25) is 0 Å². The zero-order valence-corrected chi connectivity index (χ0v) is 31.1. The van der Waals surface area contributed by atoms with Gasteiger partial charge >= 0.3 is 0 Å². The summed E-state index contributed by atoms with van der Waals surface area (Å²) >= 11 is 0. The standard InChI is InChI=1S/C54H36N2O/c1-3-12-40(13-4-1)55-49-20-9-7-16-43(49)46-32-37(26-29-50(46)55)35-22-24-36(25-23-35)38-27-30-51-47(33-38)48-34-39(28-31-52(48)56(51)41-14-5-2-6-15-41)42-18-11-19-45-44-17-8-10-21-53(44)57-54(42)45/h1-22,24-35H,23H2. The summed E-state index contributed by atoms with van der Waals surface area (Å²) in [4.78, 5) is 0. The molecule has 0 saturated carbocycles. The van der Waals surface area contributed by atoms with E-state index in [2.05, 4.69) is 203 Å². The monoisotopic (exact) mass is 728 g/mol. The lowest BCUT2D eigenvalue weighted by Gasteiger charge is -2.18. The lowest BCUT2D eigenvalue weighted by Crippen LogP contribution is -1.99. The third-order valence-electron chi connectivity index (χ3n) is 12.1. The van der Waals surface area contributed by atoms with E-state index in [-0.39, 0.29) is 0 Å². The van der Waals surface area contributed by atoms with Crippen LogP contribution >= 0.6 is 0 Å². The normalized spacial score (nSPS) is 14.5. The van der Waals surface area contributed by atoms with Gasteiger partial charge in [-0.25, -0.2) is 0 Å². The second-order valence-electron chi connectivity index (χ2n) is 15.2. The number of fused-ring (bicyclic) bond motifs is 9. The molecule has 1 atom stereocenters. The molecule has 1 aliphatic carbocycles. The third kappa shape index (κ3) is 4.99. The van der Waals surface area contributed by atoms with Crippen LogP contribution in [0.15, 0.2) is 205 Å². The average molecular weight is 729 g/mol. The Balaban J connectivity index is 0.941. The van der Waals surface area contributed by atoms with Crippen molar-refractivity contribution in [3.8, 4) is 22.5 Å². The number of rotatable bonds is 5. The van der Waals surface area contributed by atoms with Crippen LogP contribution in [0.25, 0.3) is 93.6 Å². The smallest absolute Gasteiger partial charge is 0.143 e. The van der Waals surface area contributed by atoms with Gasteiger partial charge in [0, 0.05) is 55.2 Å². The fourth-order valence-corrected chi connectivity index (χ4v) is 9.36. The Morgan fingerprint density at radius 1 is 0.439 bits per heavy atom. The number of para-hydroxylation sites is 5. The van der Waals surface area contributed by atoms with E-state index in [4.69, 9.17) is 4.42 Å². The van der Waals surface area contributed by atoms with E-state index in [9.17, 15) is 0 Å². The Morgan fingerprint density at radius 3 is 1.74 bits per heavy atom. The molecule has 0 bridgehead atoms. The van der Waals surface area contributed by atoms with Crippen LogP contribution in [0, 0.1) is 0 Å². The van der Waals surface area contributed by atoms with E-state index in [0.717, 1.165) is 45.2 Å². The summed E-state index contributed by atoms with van der Waals surface area (Å²) in [7, 11) is 0. The molecule has 3 heterocycles. The van der Waals surface area contributed by atoms with Crippen molar-refractivity contribution >= 4 is 71.1 Å². The lowest BCUT2D eigenvalue weighted by molar-refractivity contribution is 0.670. The molecule has 0 radical (unpaired) electrons. The maximum atomic E-state index is 6.49. The minimum atomic E-state index is 0.309. The first-order chi connectivity index (χ1) is 28.3. The Hall–Kier alpha value is -7.36. The molecule has 57 heavy (non-hydrogen) atoms. The highest BCUT2D eigenvalue weighted by molar-refractivity contribution is 6.14. The first-order valence-corrected chi connectivity index (χ1v) is 19.8. The zero-order chi connectivity index (χ0) is 37.5. The largest absolute Gasteiger partial charge is 0.455 e. The molecule has 12 rings (SSSR count). The molecule has 0 amide bonds. The number of aromatic nitrogens is 2. The predicted octanol–water partition coefficient (Wildman–Crippen LogP) is 14.6. The van der Waals surface area contributed by atoms with Crippen LogP contribution in [0.5, 0.6) is 0 Å². The molecule has 0 N–H and O–H groups in total. The average Bonchev–Trinajstić information content (AvgIpc) is 3.94. The molecule has 8 aromatic carbocycles. The van der Waals surface area contributed by atoms with E-state index in [1.54, 1.807) is 0 Å². The van der Waals surface area contributed by atoms with Crippen LogP contribution in [-0.2, 0) is 0 Å². The third-order valence-corrected chi connectivity index (χ3v) is 12.1. The lowest BCUT2D eigenvalue weighted by atomic mass is 9.87. The number of benzene rings is 8. The second-order valence-corrected chi connectivity index (χ2v) is 15.2. The van der Waals surface area contributed by atoms with Crippen molar-refractivity contribution in [2.75, 3.05) is 0 Å². The fourth-order valence-electron chi connectivity index (χ4n) is 9.36. The minimum absolute atomic E-state index is 0.309. The van der Waals surface area contributed by atoms with Crippen LogP contribution in [0.1, 0.15) is 23.5 Å². The molecule has 0 spiro atoms. The molecular weight excluding hydrogens is 693 g/mol. The number of nitrogens with zero attached hydrogens (tertiary/aromatic N) is 2. The highest BCUT2D eigenvalue weighted by Gasteiger charge is 2.20. The highest BCUT2D eigenvalue weighted by Crippen LogP contribution is 2.41. The van der Waals surface area contributed by atoms with E-state index in [1.165, 1.54) is 66.0 Å². The maximum Gasteiger partial charge on any atom is 0.143 e. The van der Waals surface area contributed by atoms with Gasteiger partial charge < -0.3 is 13.6 Å². The van der Waals surface area contributed by atoms with Gasteiger partial charge in [0.1, 0.15) is 11.2 Å². The van der Waals surface area contributed by atoms with E-state index in [0.29, 0.717) is 5.92 Å². The van der Waals surface area contributed by atoms with Crippen LogP contribution in [0.3, 0.4) is 0 Å². The van der Waals surface area contributed by atoms with Crippen molar-refractivity contribution in [2.45, 2.75) is 12.3 Å². The molecule has 3 aromatic heterocycles. The molecule has 0 fully saturated rings. The van der Waals surface area contributed by atoms with E-state index in [1.807, 2.05) is 6.07 Å². The number of allylic oxidation sites excluding steroid dienone is 4. The van der Waals surface area contributed by atoms with Gasteiger partial charge in [-0.3, -0.25) is 0 Å². The van der Waals surface area contributed by atoms with Gasteiger partial charge in [0.05, 0.1) is 22.1 Å². The molecule has 11 aromatic rings. The van der Waals surface area contributed by atoms with Crippen LogP contribution in [0.4, 0.5) is 0 Å². The summed E-state index contributed by atoms with van der Waals surface area (Å²) < 4.78 is 11.3. The van der Waals surface area contributed by atoms with Crippen LogP contribution in [-0.4, -0.2) is 9.13 Å². The van der Waals surface area contributed by atoms with Gasteiger partial charge in [0.2, 0.25) is 0 Å². The predicted molar refractivity (Wildman–Crippen MR) is 239 cm³/mol. The van der Waals surface area contributed by atoms with Gasteiger partial charge in [-0.15, -0.1) is 0 Å². The van der Waals surface area contributed by atoms with Gasteiger partial charge in [-0.05, 0) is 101 Å². The summed E-state index contributed by atoms with van der Waals surface area (Å²) in [5, 5.41) is 7.34. The van der Waals surface area contributed by atoms with Crippen LogP contribution < -0.4 is 0 Å². The zero-order valence-electron chi connectivity index (χ0n) is 31.1. The van der Waals surface area contributed by atoms with Gasteiger partial charge in [-0.2, -0.15) is 0 Å². The fraction of sp³-hybridized carbons (Fsp3) is 0.0370. The molecule has 1 unspecified atom stereocenters. The van der Waals surface area contributed by atoms with Crippen molar-refractivity contribution in [3.63, 3.8) is 0 Å². The SMILES string of the molecule is C1=CC(c2ccc3c(c2)c2ccccc2n3-c2ccccc2)CC=C1c1ccc2c(c1)c1cc(-c3cccc4c3oc3ccccc34)ccc1n2-c1ccccc1. The summed E-state index contributed by atoms with van der Waals surface area (Å²) in [6.45, 7) is 0. The van der Waals surface area contributed by atoms with Gasteiger partial charge in [-0.1, -0.05) is 127 Å². The quantitative estimate of drug-likeness (QED) is 0.173. The topological polar surface area (TPSA) is 23.0 Å². The number of hydrogen-bond acceptors (Lipinski definition) is 1. The first-order valence-electron chi connectivity index (χ1n) is 19.8. The molecule has 0 aliphatic heterocycles. The maximum absolute atomic E-state index is 6.49. The molecule has 3 nitrogen and oxygen atoms in total.